The third kappa shape index (κ3) is 7.77. The van der Waals surface area contributed by atoms with E-state index in [0.717, 1.165) is 0 Å². The molecule has 0 radical (unpaired) electrons. The number of hydrogen-bond acceptors (Lipinski definition) is 3. The van der Waals surface area contributed by atoms with Crippen molar-refractivity contribution in [3.63, 3.8) is 0 Å². The van der Waals surface area contributed by atoms with Crippen molar-refractivity contribution in [3.05, 3.63) is 0 Å². The van der Waals surface area contributed by atoms with Crippen LogP contribution in [0.1, 0.15) is 6.92 Å². The van der Waals surface area contributed by atoms with E-state index in [-0.39, 0.29) is 29.2 Å². The molecule has 74 valence electrons. The van der Waals surface area contributed by atoms with Crippen LogP contribution in [-0.2, 0) is 9.47 Å². The molecule has 0 aromatic rings. The van der Waals surface area contributed by atoms with Crippen LogP contribution in [0.4, 0.5) is 0 Å². The van der Waals surface area contributed by atoms with Gasteiger partial charge in [0.05, 0.1) is 6.61 Å². The molecule has 5 nitrogen and oxygen atoms in total. The molecule has 0 saturated carbocycles. The zero-order valence-corrected chi connectivity index (χ0v) is 9.03. The molecule has 0 bridgehead atoms. The highest BCUT2D eigenvalue weighted by atomic mass is 79.9. The van der Waals surface area contributed by atoms with Gasteiger partial charge in [0.25, 0.3) is 0 Å². The Balaban J connectivity index is 0. The quantitative estimate of drug-likeness (QED) is 0.518. The molecule has 0 saturated heterocycles. The molecule has 1 unspecified atom stereocenters. The molecular formula is C6H16BrN3O2. The van der Waals surface area contributed by atoms with Crippen LogP contribution < -0.4 is 11.5 Å². The second-order valence-electron chi connectivity index (χ2n) is 1.92. The first kappa shape index (κ1) is 14.2. The Morgan fingerprint density at radius 2 is 2.08 bits per heavy atom. The summed E-state index contributed by atoms with van der Waals surface area (Å²) in [6, 6.07) is 0. The van der Waals surface area contributed by atoms with E-state index in [1.807, 2.05) is 6.92 Å². The van der Waals surface area contributed by atoms with E-state index >= 15 is 0 Å². The first-order valence-corrected chi connectivity index (χ1v) is 3.40. The Morgan fingerprint density at radius 1 is 1.50 bits per heavy atom. The number of nitrogens with two attached hydrogens (primary N) is 2. The number of nitrogens with zero attached hydrogens (tertiary/aromatic N) is 1. The van der Waals surface area contributed by atoms with E-state index in [4.69, 9.17) is 20.9 Å². The fourth-order valence-corrected chi connectivity index (χ4v) is 0.624. The van der Waals surface area contributed by atoms with Crippen molar-refractivity contribution in [3.8, 4) is 0 Å². The van der Waals surface area contributed by atoms with Gasteiger partial charge in [0, 0.05) is 13.7 Å². The highest BCUT2D eigenvalue weighted by Crippen LogP contribution is 1.93. The minimum atomic E-state index is -0.380. The molecule has 0 rings (SSSR count). The summed E-state index contributed by atoms with van der Waals surface area (Å²) in [5.41, 5.74) is 10.3. The first-order chi connectivity index (χ1) is 5.20. The van der Waals surface area contributed by atoms with Crippen molar-refractivity contribution in [2.75, 3.05) is 20.3 Å². The lowest BCUT2D eigenvalue weighted by atomic mass is 10.6. The average molecular weight is 242 g/mol. The van der Waals surface area contributed by atoms with Crippen LogP contribution >= 0.6 is 17.0 Å². The molecule has 1 atom stereocenters. The number of aliphatic imine (C=N–C) groups is 1. The van der Waals surface area contributed by atoms with Crippen LogP contribution in [-0.4, -0.2) is 32.5 Å². The van der Waals surface area contributed by atoms with Gasteiger partial charge in [-0.1, -0.05) is 0 Å². The van der Waals surface area contributed by atoms with Gasteiger partial charge >= 0.3 is 0 Å². The van der Waals surface area contributed by atoms with E-state index in [1.165, 1.54) is 0 Å². The predicted molar refractivity (Wildman–Crippen MR) is 53.4 cm³/mol. The Morgan fingerprint density at radius 3 is 2.42 bits per heavy atom. The number of methoxy groups -OCH3 is 1. The Hall–Kier alpha value is -0.330. The lowest BCUT2D eigenvalue weighted by Gasteiger charge is -2.10. The Bertz CT molecular complexity index is 122. The summed E-state index contributed by atoms with van der Waals surface area (Å²) in [7, 11) is 1.56. The van der Waals surface area contributed by atoms with Gasteiger partial charge in [0.2, 0.25) is 0 Å². The van der Waals surface area contributed by atoms with Crippen LogP contribution in [0.2, 0.25) is 0 Å². The monoisotopic (exact) mass is 241 g/mol. The minimum absolute atomic E-state index is 0. The smallest absolute Gasteiger partial charge is 0.188 e. The molecular weight excluding hydrogens is 226 g/mol. The van der Waals surface area contributed by atoms with Gasteiger partial charge in [-0.2, -0.15) is 0 Å². The van der Waals surface area contributed by atoms with Gasteiger partial charge < -0.3 is 20.9 Å². The zero-order valence-electron chi connectivity index (χ0n) is 7.32. The number of hydrogen-bond donors (Lipinski definition) is 2. The van der Waals surface area contributed by atoms with Crippen LogP contribution in [0, 0.1) is 0 Å². The van der Waals surface area contributed by atoms with Crippen molar-refractivity contribution >= 4 is 22.9 Å². The second kappa shape index (κ2) is 8.76. The van der Waals surface area contributed by atoms with Gasteiger partial charge in [-0.3, -0.25) is 0 Å². The van der Waals surface area contributed by atoms with E-state index in [0.29, 0.717) is 13.2 Å². The predicted octanol–water partition coefficient (Wildman–Crippen LogP) is -0.153. The number of rotatable bonds is 5. The lowest BCUT2D eigenvalue weighted by Crippen LogP contribution is -2.28. The van der Waals surface area contributed by atoms with Crippen molar-refractivity contribution in [2.24, 2.45) is 16.5 Å². The molecule has 0 aromatic carbocycles. The number of ether oxygens (including phenoxy) is 2. The fourth-order valence-electron chi connectivity index (χ4n) is 0.624. The molecule has 0 aliphatic carbocycles. The Labute approximate surface area is 82.9 Å². The van der Waals surface area contributed by atoms with Gasteiger partial charge in [-0.25, -0.2) is 4.99 Å². The van der Waals surface area contributed by atoms with Gasteiger partial charge in [-0.05, 0) is 6.92 Å². The Kier molecular flexibility index (Phi) is 10.4. The maximum Gasteiger partial charge on any atom is 0.188 e. The molecule has 6 heteroatoms. The molecule has 0 heterocycles. The largest absolute Gasteiger partial charge is 0.380 e. The van der Waals surface area contributed by atoms with Crippen molar-refractivity contribution in [1.82, 2.24) is 0 Å². The number of guanidine groups is 1. The van der Waals surface area contributed by atoms with Gasteiger partial charge in [-0.15, -0.1) is 17.0 Å². The topological polar surface area (TPSA) is 82.9 Å². The highest BCUT2D eigenvalue weighted by molar-refractivity contribution is 8.93. The van der Waals surface area contributed by atoms with Crippen LogP contribution in [0.3, 0.4) is 0 Å². The van der Waals surface area contributed by atoms with Crippen molar-refractivity contribution < 1.29 is 9.47 Å². The lowest BCUT2D eigenvalue weighted by molar-refractivity contribution is 0.00971. The highest BCUT2D eigenvalue weighted by Gasteiger charge is 2.04. The molecule has 0 aliphatic rings. The van der Waals surface area contributed by atoms with Crippen LogP contribution in [0.5, 0.6) is 0 Å². The molecule has 12 heavy (non-hydrogen) atoms. The molecule has 0 fully saturated rings. The maximum absolute atomic E-state index is 5.15. The molecule has 0 aromatic heterocycles. The van der Waals surface area contributed by atoms with Crippen LogP contribution in [0.15, 0.2) is 4.99 Å². The van der Waals surface area contributed by atoms with E-state index in [1.54, 1.807) is 7.11 Å². The van der Waals surface area contributed by atoms with E-state index in [9.17, 15) is 0 Å². The van der Waals surface area contributed by atoms with E-state index in [2.05, 4.69) is 4.99 Å². The zero-order chi connectivity index (χ0) is 8.69. The molecule has 0 spiro atoms. The van der Waals surface area contributed by atoms with Crippen LogP contribution in [0.25, 0.3) is 0 Å². The molecule has 4 N–H and O–H groups in total. The fraction of sp³-hybridized carbons (Fsp3) is 0.833. The summed E-state index contributed by atoms with van der Waals surface area (Å²) in [6.45, 7) is 2.79. The third-order valence-electron chi connectivity index (χ3n) is 0.961. The molecule has 0 amide bonds. The minimum Gasteiger partial charge on any atom is -0.380 e. The van der Waals surface area contributed by atoms with E-state index < -0.39 is 0 Å². The SMILES string of the molecule is Br.CCOC(COC)N=C(N)N. The molecule has 0 aliphatic heterocycles. The standard InChI is InChI=1S/C6H15N3O2.BrH/c1-3-11-5(4-10-2)9-6(7)8;/h5H,3-4H2,1-2H3,(H4,7,8,9);1H. The van der Waals surface area contributed by atoms with Gasteiger partial charge in [0.15, 0.2) is 12.2 Å². The van der Waals surface area contributed by atoms with Gasteiger partial charge in [0.1, 0.15) is 0 Å². The third-order valence-corrected chi connectivity index (χ3v) is 0.961. The second-order valence-corrected chi connectivity index (χ2v) is 1.92. The summed E-state index contributed by atoms with van der Waals surface area (Å²) >= 11 is 0. The summed E-state index contributed by atoms with van der Waals surface area (Å²) in [5, 5.41) is 0. The summed E-state index contributed by atoms with van der Waals surface area (Å²) in [5.74, 6) is 0.0144. The van der Waals surface area contributed by atoms with Crippen molar-refractivity contribution in [2.45, 2.75) is 13.2 Å². The summed E-state index contributed by atoms with van der Waals surface area (Å²) in [4.78, 5) is 3.78. The first-order valence-electron chi connectivity index (χ1n) is 3.40. The maximum atomic E-state index is 5.15. The summed E-state index contributed by atoms with van der Waals surface area (Å²) in [6.07, 6.45) is -0.380. The normalized spacial score (nSPS) is 11.5. The van der Waals surface area contributed by atoms with Crippen molar-refractivity contribution in [1.29, 1.82) is 0 Å². The summed E-state index contributed by atoms with van der Waals surface area (Å²) < 4.78 is 9.93. The number of halogens is 1. The average Bonchev–Trinajstić information content (AvgIpc) is 1.87.